The summed E-state index contributed by atoms with van der Waals surface area (Å²) < 4.78 is 0. The number of pyridine rings is 1. The standard InChI is InChI=1S/C7H6ClN3.C2H6/c1-4-10-5-2-7(8)9-3-6(5)11-4;1-2/h2-3H,1H3,(H,10,11);1-2H3. The lowest BCUT2D eigenvalue weighted by molar-refractivity contribution is 1.17. The minimum atomic E-state index is 0.476. The molecule has 0 unspecified atom stereocenters. The molecule has 4 heteroatoms. The molecule has 0 saturated heterocycles. The van der Waals surface area contributed by atoms with Crippen LogP contribution in [0.2, 0.25) is 5.15 Å². The van der Waals surface area contributed by atoms with E-state index < -0.39 is 0 Å². The minimum absolute atomic E-state index is 0.476. The van der Waals surface area contributed by atoms with E-state index in [0.29, 0.717) is 5.15 Å². The molecule has 0 aromatic carbocycles. The number of hydrogen-bond donors (Lipinski definition) is 1. The molecule has 2 heterocycles. The van der Waals surface area contributed by atoms with Crippen LogP contribution in [0.5, 0.6) is 0 Å². The summed E-state index contributed by atoms with van der Waals surface area (Å²) in [6, 6.07) is 1.74. The molecule has 0 atom stereocenters. The van der Waals surface area contributed by atoms with Gasteiger partial charge in [-0.05, 0) is 6.92 Å². The van der Waals surface area contributed by atoms with Gasteiger partial charge in [-0.2, -0.15) is 0 Å². The summed E-state index contributed by atoms with van der Waals surface area (Å²) in [5.41, 5.74) is 1.79. The van der Waals surface area contributed by atoms with E-state index in [1.54, 1.807) is 12.3 Å². The molecule has 2 aromatic heterocycles. The lowest BCUT2D eigenvalue weighted by Crippen LogP contribution is -1.73. The number of halogens is 1. The van der Waals surface area contributed by atoms with Crippen molar-refractivity contribution in [2.75, 3.05) is 0 Å². The van der Waals surface area contributed by atoms with E-state index in [0.717, 1.165) is 16.9 Å². The third kappa shape index (κ3) is 2.18. The normalized spacial score (nSPS) is 9.54. The van der Waals surface area contributed by atoms with Crippen LogP contribution in [0, 0.1) is 6.92 Å². The highest BCUT2D eigenvalue weighted by molar-refractivity contribution is 6.29. The third-order valence-corrected chi connectivity index (χ3v) is 1.66. The van der Waals surface area contributed by atoms with Crippen molar-refractivity contribution < 1.29 is 0 Å². The quantitative estimate of drug-likeness (QED) is 0.660. The Balaban J connectivity index is 0.000000396. The Morgan fingerprint density at radius 2 is 2.08 bits per heavy atom. The van der Waals surface area contributed by atoms with Crippen molar-refractivity contribution in [1.29, 1.82) is 0 Å². The van der Waals surface area contributed by atoms with Gasteiger partial charge in [0.2, 0.25) is 0 Å². The minimum Gasteiger partial charge on any atom is -0.341 e. The highest BCUT2D eigenvalue weighted by Gasteiger charge is 1.98. The molecule has 0 spiro atoms. The van der Waals surface area contributed by atoms with Gasteiger partial charge in [-0.1, -0.05) is 25.4 Å². The first-order valence-corrected chi connectivity index (χ1v) is 4.61. The molecule has 0 aliphatic rings. The molecule has 2 aromatic rings. The van der Waals surface area contributed by atoms with E-state index in [1.807, 2.05) is 20.8 Å². The average molecular weight is 198 g/mol. The first kappa shape index (κ1) is 9.99. The smallest absolute Gasteiger partial charge is 0.131 e. The van der Waals surface area contributed by atoms with Gasteiger partial charge in [0, 0.05) is 6.07 Å². The number of rotatable bonds is 0. The number of hydrogen-bond acceptors (Lipinski definition) is 2. The zero-order valence-electron chi connectivity index (χ0n) is 7.93. The molecule has 13 heavy (non-hydrogen) atoms. The number of fused-ring (bicyclic) bond motifs is 1. The maximum absolute atomic E-state index is 5.66. The summed E-state index contributed by atoms with van der Waals surface area (Å²) in [6.07, 6.45) is 1.68. The van der Waals surface area contributed by atoms with Gasteiger partial charge in [0.05, 0.1) is 17.2 Å². The second-order valence-corrected chi connectivity index (χ2v) is 2.73. The fraction of sp³-hybridized carbons (Fsp3) is 0.333. The second-order valence-electron chi connectivity index (χ2n) is 2.35. The Kier molecular flexibility index (Phi) is 3.25. The topological polar surface area (TPSA) is 41.6 Å². The van der Waals surface area contributed by atoms with E-state index in [-0.39, 0.29) is 0 Å². The molecule has 3 nitrogen and oxygen atoms in total. The fourth-order valence-corrected chi connectivity index (χ4v) is 1.16. The van der Waals surface area contributed by atoms with Gasteiger partial charge in [-0.3, -0.25) is 0 Å². The van der Waals surface area contributed by atoms with E-state index in [4.69, 9.17) is 11.6 Å². The van der Waals surface area contributed by atoms with Crippen LogP contribution in [-0.2, 0) is 0 Å². The molecular weight excluding hydrogens is 186 g/mol. The van der Waals surface area contributed by atoms with Crippen LogP contribution >= 0.6 is 11.6 Å². The van der Waals surface area contributed by atoms with E-state index in [9.17, 15) is 0 Å². The number of nitrogens with zero attached hydrogens (tertiary/aromatic N) is 2. The van der Waals surface area contributed by atoms with Crippen molar-refractivity contribution in [3.8, 4) is 0 Å². The van der Waals surface area contributed by atoms with Crippen LogP contribution in [0.25, 0.3) is 11.0 Å². The Bertz CT molecular complexity index is 395. The Morgan fingerprint density at radius 3 is 2.77 bits per heavy atom. The van der Waals surface area contributed by atoms with Crippen molar-refractivity contribution in [2.45, 2.75) is 20.8 Å². The molecule has 1 N–H and O–H groups in total. The fourth-order valence-electron chi connectivity index (χ4n) is 1.01. The van der Waals surface area contributed by atoms with Gasteiger partial charge in [0.1, 0.15) is 11.0 Å². The molecule has 70 valence electrons. The first-order valence-electron chi connectivity index (χ1n) is 4.23. The van der Waals surface area contributed by atoms with Gasteiger partial charge in [0.25, 0.3) is 0 Å². The van der Waals surface area contributed by atoms with Crippen molar-refractivity contribution in [3.05, 3.63) is 23.2 Å². The zero-order chi connectivity index (χ0) is 9.84. The lowest BCUT2D eigenvalue weighted by Gasteiger charge is -1.86. The molecule has 0 saturated carbocycles. The molecule has 2 rings (SSSR count). The van der Waals surface area contributed by atoms with Gasteiger partial charge in [0.15, 0.2) is 0 Å². The van der Waals surface area contributed by atoms with Crippen molar-refractivity contribution in [2.24, 2.45) is 0 Å². The number of imidazole rings is 1. The summed E-state index contributed by atoms with van der Waals surface area (Å²) in [4.78, 5) is 11.2. The van der Waals surface area contributed by atoms with Crippen LogP contribution in [-0.4, -0.2) is 15.0 Å². The molecule has 0 fully saturated rings. The number of aromatic amines is 1. The van der Waals surface area contributed by atoms with Crippen LogP contribution < -0.4 is 0 Å². The SMILES string of the molecule is CC.Cc1nc2cc(Cl)ncc2[nH]1. The summed E-state index contributed by atoms with van der Waals surface area (Å²) in [5, 5.41) is 0.476. The second kappa shape index (κ2) is 4.23. The Hall–Kier alpha value is -1.09. The van der Waals surface area contributed by atoms with Crippen LogP contribution in [0.15, 0.2) is 12.3 Å². The predicted molar refractivity (Wildman–Crippen MR) is 55.0 cm³/mol. The van der Waals surface area contributed by atoms with E-state index in [2.05, 4.69) is 15.0 Å². The summed E-state index contributed by atoms with van der Waals surface area (Å²) in [5.74, 6) is 0.879. The highest BCUT2D eigenvalue weighted by Crippen LogP contribution is 2.13. The van der Waals surface area contributed by atoms with Crippen molar-refractivity contribution in [3.63, 3.8) is 0 Å². The highest BCUT2D eigenvalue weighted by atomic mass is 35.5. The molecule has 0 aliphatic heterocycles. The predicted octanol–water partition coefficient (Wildman–Crippen LogP) is 2.95. The number of H-pyrrole nitrogens is 1. The monoisotopic (exact) mass is 197 g/mol. The maximum Gasteiger partial charge on any atom is 0.131 e. The Labute approximate surface area is 82.2 Å². The third-order valence-electron chi connectivity index (χ3n) is 1.45. The van der Waals surface area contributed by atoms with Crippen LogP contribution in [0.1, 0.15) is 19.7 Å². The average Bonchev–Trinajstić information content (AvgIpc) is 2.48. The Morgan fingerprint density at radius 1 is 1.38 bits per heavy atom. The molecular formula is C9H12ClN3. The van der Waals surface area contributed by atoms with Crippen LogP contribution in [0.3, 0.4) is 0 Å². The zero-order valence-corrected chi connectivity index (χ0v) is 8.68. The van der Waals surface area contributed by atoms with E-state index in [1.165, 1.54) is 0 Å². The van der Waals surface area contributed by atoms with Crippen molar-refractivity contribution in [1.82, 2.24) is 15.0 Å². The first-order chi connectivity index (χ1) is 6.25. The molecule has 0 amide bonds. The number of aryl methyl sites for hydroxylation is 1. The maximum atomic E-state index is 5.66. The van der Waals surface area contributed by atoms with Gasteiger partial charge >= 0.3 is 0 Å². The van der Waals surface area contributed by atoms with E-state index >= 15 is 0 Å². The number of nitrogens with one attached hydrogen (secondary N) is 1. The molecule has 0 radical (unpaired) electrons. The summed E-state index contributed by atoms with van der Waals surface area (Å²) in [7, 11) is 0. The molecule has 0 bridgehead atoms. The van der Waals surface area contributed by atoms with Gasteiger partial charge < -0.3 is 4.98 Å². The van der Waals surface area contributed by atoms with Crippen LogP contribution in [0.4, 0.5) is 0 Å². The van der Waals surface area contributed by atoms with Gasteiger partial charge in [-0.15, -0.1) is 0 Å². The molecule has 0 aliphatic carbocycles. The largest absolute Gasteiger partial charge is 0.341 e. The van der Waals surface area contributed by atoms with Crippen molar-refractivity contribution >= 4 is 22.6 Å². The summed E-state index contributed by atoms with van der Waals surface area (Å²) in [6.45, 7) is 5.90. The lowest BCUT2D eigenvalue weighted by atomic mass is 10.4. The van der Waals surface area contributed by atoms with Gasteiger partial charge in [-0.25, -0.2) is 9.97 Å². The summed E-state index contributed by atoms with van der Waals surface area (Å²) >= 11 is 5.66. The number of aromatic nitrogens is 3.